The molecule has 1 saturated carbocycles. The molecule has 20 heavy (non-hydrogen) atoms. The van der Waals surface area contributed by atoms with E-state index in [0.717, 1.165) is 25.7 Å². The number of rotatable bonds is 4. The second-order valence-electron chi connectivity index (χ2n) is 5.36. The quantitative estimate of drug-likeness (QED) is 0.890. The first-order valence-corrected chi connectivity index (χ1v) is 8.98. The van der Waals surface area contributed by atoms with Gasteiger partial charge in [0.2, 0.25) is 10.0 Å². The average Bonchev–Trinajstić information content (AvgIpc) is 2.80. The van der Waals surface area contributed by atoms with Crippen molar-refractivity contribution in [3.8, 4) is 0 Å². The van der Waals surface area contributed by atoms with E-state index in [0.29, 0.717) is 5.92 Å². The van der Waals surface area contributed by atoms with Gasteiger partial charge in [0.05, 0.1) is 0 Å². The third-order valence-electron chi connectivity index (χ3n) is 4.05. The molecule has 0 saturated heterocycles. The van der Waals surface area contributed by atoms with Gasteiger partial charge in [-0.3, -0.25) is 0 Å². The maximum Gasteiger partial charge on any atom is 0.247 e. The van der Waals surface area contributed by atoms with Crippen LogP contribution in [-0.2, 0) is 16.6 Å². The van der Waals surface area contributed by atoms with Gasteiger partial charge in [-0.15, -0.1) is 0 Å². The molecule has 1 aliphatic rings. The van der Waals surface area contributed by atoms with Gasteiger partial charge in [-0.2, -0.15) is 4.31 Å². The van der Waals surface area contributed by atoms with Crippen LogP contribution >= 0.6 is 15.9 Å². The van der Waals surface area contributed by atoms with Crippen LogP contribution in [-0.4, -0.2) is 30.9 Å². The van der Waals surface area contributed by atoms with Crippen LogP contribution in [0.15, 0.2) is 20.0 Å². The Morgan fingerprint density at radius 1 is 1.45 bits per heavy atom. The Bertz CT molecular complexity index is 569. The first-order valence-electron chi connectivity index (χ1n) is 6.75. The summed E-state index contributed by atoms with van der Waals surface area (Å²) in [5.41, 5.74) is 0. The van der Waals surface area contributed by atoms with E-state index in [9.17, 15) is 8.42 Å². The Hall–Kier alpha value is -0.370. The van der Waals surface area contributed by atoms with Gasteiger partial charge in [0.25, 0.3) is 0 Å². The van der Waals surface area contributed by atoms with E-state index in [1.54, 1.807) is 7.05 Å². The minimum absolute atomic E-state index is 0.0214. The van der Waals surface area contributed by atoms with Crippen molar-refractivity contribution in [3.63, 3.8) is 0 Å². The zero-order valence-corrected chi connectivity index (χ0v) is 14.1. The summed E-state index contributed by atoms with van der Waals surface area (Å²) in [5, 5.41) is 9.05. The number of furan rings is 1. The van der Waals surface area contributed by atoms with E-state index in [2.05, 4.69) is 22.9 Å². The first kappa shape index (κ1) is 16.0. The van der Waals surface area contributed by atoms with E-state index >= 15 is 0 Å². The third-order valence-corrected chi connectivity index (χ3v) is 6.79. The summed E-state index contributed by atoms with van der Waals surface area (Å²) < 4.78 is 32.1. The maximum atomic E-state index is 12.7. The van der Waals surface area contributed by atoms with Crippen molar-refractivity contribution in [2.24, 2.45) is 5.92 Å². The maximum absolute atomic E-state index is 12.7. The minimum Gasteiger partial charge on any atom is -0.450 e. The summed E-state index contributed by atoms with van der Waals surface area (Å²) in [6.07, 6.45) is 4.16. The molecule has 1 aromatic heterocycles. The van der Waals surface area contributed by atoms with Crippen LogP contribution in [0.2, 0.25) is 0 Å². The molecule has 1 heterocycles. The highest BCUT2D eigenvalue weighted by molar-refractivity contribution is 9.10. The molecule has 0 spiro atoms. The van der Waals surface area contributed by atoms with Crippen LogP contribution in [0.5, 0.6) is 0 Å². The summed E-state index contributed by atoms with van der Waals surface area (Å²) >= 11 is 3.12. The number of hydrogen-bond donors (Lipinski definition) is 1. The average molecular weight is 366 g/mol. The van der Waals surface area contributed by atoms with Crippen LogP contribution in [0.4, 0.5) is 0 Å². The van der Waals surface area contributed by atoms with Crippen LogP contribution in [0.25, 0.3) is 0 Å². The molecule has 1 N–H and O–H groups in total. The highest BCUT2D eigenvalue weighted by Crippen LogP contribution is 2.34. The number of aliphatic hydroxyl groups excluding tert-OH is 1. The van der Waals surface area contributed by atoms with Crippen molar-refractivity contribution in [1.29, 1.82) is 0 Å². The van der Waals surface area contributed by atoms with E-state index < -0.39 is 10.0 Å². The molecular weight excluding hydrogens is 346 g/mol. The van der Waals surface area contributed by atoms with Crippen LogP contribution in [0.3, 0.4) is 0 Å². The van der Waals surface area contributed by atoms with E-state index in [1.807, 2.05) is 0 Å². The molecule has 2 rings (SSSR count). The molecule has 0 bridgehead atoms. The molecule has 0 aliphatic heterocycles. The standard InChI is InChI=1S/C13H20BrNO4S/c1-9-5-3-4-6-11(9)15(2)20(17,18)12-7-10(8-16)19-13(12)14/h7,9,11,16H,3-6,8H2,1-2H3. The summed E-state index contributed by atoms with van der Waals surface area (Å²) in [6, 6.07) is 1.40. The molecule has 0 radical (unpaired) electrons. The van der Waals surface area contributed by atoms with Crippen molar-refractivity contribution in [1.82, 2.24) is 4.31 Å². The summed E-state index contributed by atoms with van der Waals surface area (Å²) in [6.45, 7) is 1.77. The predicted octanol–water partition coefficient (Wildman–Crippen LogP) is 2.73. The zero-order valence-electron chi connectivity index (χ0n) is 11.7. The Kier molecular flexibility index (Phi) is 4.94. The van der Waals surface area contributed by atoms with Crippen LogP contribution in [0, 0.1) is 5.92 Å². The van der Waals surface area contributed by atoms with Crippen molar-refractivity contribution in [3.05, 3.63) is 16.5 Å². The molecule has 0 aromatic carbocycles. The largest absolute Gasteiger partial charge is 0.450 e. The van der Waals surface area contributed by atoms with Gasteiger partial charge in [0, 0.05) is 19.2 Å². The highest BCUT2D eigenvalue weighted by atomic mass is 79.9. The number of nitrogens with zero attached hydrogens (tertiary/aromatic N) is 1. The minimum atomic E-state index is -3.61. The fraction of sp³-hybridized carbons (Fsp3) is 0.692. The second-order valence-corrected chi connectivity index (χ2v) is 8.05. The second kappa shape index (κ2) is 6.17. The van der Waals surface area contributed by atoms with E-state index in [1.165, 1.54) is 10.4 Å². The Labute approximate surface area is 128 Å². The summed E-state index contributed by atoms with van der Waals surface area (Å²) in [7, 11) is -1.98. The summed E-state index contributed by atoms with van der Waals surface area (Å²) in [5.74, 6) is 0.590. The third kappa shape index (κ3) is 2.95. The lowest BCUT2D eigenvalue weighted by Crippen LogP contribution is -2.42. The smallest absolute Gasteiger partial charge is 0.247 e. The molecule has 114 valence electrons. The fourth-order valence-electron chi connectivity index (χ4n) is 2.82. The van der Waals surface area contributed by atoms with Gasteiger partial charge < -0.3 is 9.52 Å². The van der Waals surface area contributed by atoms with Crippen LogP contribution in [0.1, 0.15) is 38.4 Å². The number of halogens is 1. The van der Waals surface area contributed by atoms with E-state index in [-0.39, 0.29) is 28.0 Å². The van der Waals surface area contributed by atoms with Gasteiger partial charge in [0.1, 0.15) is 17.3 Å². The lowest BCUT2D eigenvalue weighted by Gasteiger charge is -2.35. The van der Waals surface area contributed by atoms with E-state index in [4.69, 9.17) is 9.52 Å². The Balaban J connectivity index is 2.31. The first-order chi connectivity index (χ1) is 9.37. The predicted molar refractivity (Wildman–Crippen MR) is 78.7 cm³/mol. The Morgan fingerprint density at radius 3 is 2.65 bits per heavy atom. The van der Waals surface area contributed by atoms with Crippen molar-refractivity contribution in [2.75, 3.05) is 7.05 Å². The molecule has 0 amide bonds. The normalized spacial score (nSPS) is 24.2. The zero-order chi connectivity index (χ0) is 14.9. The molecule has 1 aliphatic carbocycles. The van der Waals surface area contributed by atoms with Gasteiger partial charge in [0.15, 0.2) is 4.67 Å². The fourth-order valence-corrected chi connectivity index (χ4v) is 5.26. The molecule has 1 aromatic rings. The molecular formula is C13H20BrNO4S. The lowest BCUT2D eigenvalue weighted by molar-refractivity contribution is 0.213. The number of sulfonamides is 1. The van der Waals surface area contributed by atoms with Crippen molar-refractivity contribution < 1.29 is 17.9 Å². The Morgan fingerprint density at radius 2 is 2.10 bits per heavy atom. The SMILES string of the molecule is CC1CCCCC1N(C)S(=O)(=O)c1cc(CO)oc1Br. The molecule has 1 fully saturated rings. The van der Waals surface area contributed by atoms with Gasteiger partial charge in [-0.25, -0.2) is 8.42 Å². The number of aliphatic hydroxyl groups is 1. The monoisotopic (exact) mass is 365 g/mol. The molecule has 2 unspecified atom stereocenters. The summed E-state index contributed by atoms with van der Waals surface area (Å²) in [4.78, 5) is 0.0850. The van der Waals surface area contributed by atoms with Gasteiger partial charge >= 0.3 is 0 Å². The van der Waals surface area contributed by atoms with Gasteiger partial charge in [-0.1, -0.05) is 19.8 Å². The van der Waals surface area contributed by atoms with Crippen molar-refractivity contribution >= 4 is 26.0 Å². The van der Waals surface area contributed by atoms with Crippen LogP contribution < -0.4 is 0 Å². The van der Waals surface area contributed by atoms with Crippen molar-refractivity contribution in [2.45, 2.75) is 50.2 Å². The lowest BCUT2D eigenvalue weighted by atomic mass is 9.86. The topological polar surface area (TPSA) is 70.8 Å². The molecule has 5 nitrogen and oxygen atoms in total. The molecule has 7 heteroatoms. The molecule has 2 atom stereocenters. The highest BCUT2D eigenvalue weighted by Gasteiger charge is 2.35. The number of hydrogen-bond acceptors (Lipinski definition) is 4. The van der Waals surface area contributed by atoms with Gasteiger partial charge in [-0.05, 0) is 34.7 Å².